The molecular formula is C13H12N2O3. The van der Waals surface area contributed by atoms with Gasteiger partial charge in [0.2, 0.25) is 0 Å². The highest BCUT2D eigenvalue weighted by Crippen LogP contribution is 2.41. The first-order chi connectivity index (χ1) is 8.72. The zero-order valence-electron chi connectivity index (χ0n) is 9.82. The van der Waals surface area contributed by atoms with Gasteiger partial charge in [0.25, 0.3) is 0 Å². The van der Waals surface area contributed by atoms with E-state index in [4.69, 9.17) is 4.74 Å². The topological polar surface area (TPSA) is 75.0 Å². The van der Waals surface area contributed by atoms with E-state index in [1.807, 2.05) is 31.2 Å². The number of H-pyrrole nitrogens is 2. The molecular weight excluding hydrogens is 232 g/mol. The summed E-state index contributed by atoms with van der Waals surface area (Å²) >= 11 is 0. The van der Waals surface area contributed by atoms with Crippen molar-refractivity contribution in [3.05, 3.63) is 56.2 Å². The summed E-state index contributed by atoms with van der Waals surface area (Å²) in [5.74, 6) is 0. The molecule has 2 aromatic rings. The molecule has 1 heterocycles. The molecule has 0 amide bonds. The van der Waals surface area contributed by atoms with Crippen molar-refractivity contribution >= 4 is 0 Å². The number of rotatable bonds is 2. The van der Waals surface area contributed by atoms with Gasteiger partial charge < -0.3 is 14.7 Å². The Balaban J connectivity index is 2.31. The van der Waals surface area contributed by atoms with Gasteiger partial charge in [-0.25, -0.2) is 0 Å². The quantitative estimate of drug-likeness (QED) is 0.779. The van der Waals surface area contributed by atoms with Gasteiger partial charge in [-0.15, -0.1) is 0 Å². The predicted molar refractivity (Wildman–Crippen MR) is 66.6 cm³/mol. The number of aromatic nitrogens is 2. The third kappa shape index (κ3) is 1.44. The molecule has 1 unspecified atom stereocenters. The number of aromatic amines is 2. The molecule has 5 heteroatoms. The molecule has 0 aliphatic heterocycles. The lowest BCUT2D eigenvalue weighted by atomic mass is 10.1. The minimum atomic E-state index is -0.647. The van der Waals surface area contributed by atoms with E-state index in [1.165, 1.54) is 0 Å². The maximum absolute atomic E-state index is 11.4. The van der Waals surface area contributed by atoms with E-state index in [9.17, 15) is 9.59 Å². The highest BCUT2D eigenvalue weighted by Gasteiger charge is 2.30. The van der Waals surface area contributed by atoms with Crippen LogP contribution >= 0.6 is 0 Å². The second-order valence-corrected chi connectivity index (χ2v) is 4.12. The molecule has 18 heavy (non-hydrogen) atoms. The van der Waals surface area contributed by atoms with Crippen molar-refractivity contribution in [1.82, 2.24) is 9.97 Å². The van der Waals surface area contributed by atoms with Gasteiger partial charge in [0.1, 0.15) is 6.10 Å². The average Bonchev–Trinajstić information content (AvgIpc) is 2.66. The number of benzene rings is 1. The fourth-order valence-corrected chi connectivity index (χ4v) is 2.34. The van der Waals surface area contributed by atoms with E-state index < -0.39 is 11.1 Å². The Labute approximate surface area is 102 Å². The van der Waals surface area contributed by atoms with Gasteiger partial charge in [0.15, 0.2) is 0 Å². The van der Waals surface area contributed by atoms with Gasteiger partial charge in [-0.1, -0.05) is 24.3 Å². The second-order valence-electron chi connectivity index (χ2n) is 4.12. The van der Waals surface area contributed by atoms with Gasteiger partial charge in [0.05, 0.1) is 11.4 Å². The largest absolute Gasteiger partial charge is 0.367 e. The lowest BCUT2D eigenvalue weighted by Gasteiger charge is -2.12. The van der Waals surface area contributed by atoms with Crippen LogP contribution in [0.5, 0.6) is 0 Å². The highest BCUT2D eigenvalue weighted by atomic mass is 16.5. The molecule has 0 saturated heterocycles. The summed E-state index contributed by atoms with van der Waals surface area (Å²) < 4.78 is 5.66. The van der Waals surface area contributed by atoms with Crippen LogP contribution in [0.1, 0.15) is 24.3 Å². The molecule has 0 saturated carbocycles. The Bertz CT molecular complexity index is 715. The van der Waals surface area contributed by atoms with Crippen molar-refractivity contribution in [3.8, 4) is 11.3 Å². The van der Waals surface area contributed by atoms with Crippen molar-refractivity contribution in [2.45, 2.75) is 13.0 Å². The van der Waals surface area contributed by atoms with Gasteiger partial charge >= 0.3 is 11.1 Å². The van der Waals surface area contributed by atoms with Crippen LogP contribution in [0.25, 0.3) is 11.3 Å². The van der Waals surface area contributed by atoms with Crippen LogP contribution in [0, 0.1) is 0 Å². The lowest BCUT2D eigenvalue weighted by molar-refractivity contribution is 0.0913. The normalized spacial score (nSPS) is 16.4. The first-order valence-corrected chi connectivity index (χ1v) is 5.79. The molecule has 1 aliphatic carbocycles. The smallest absolute Gasteiger partial charge is 0.314 e. The molecule has 0 fully saturated rings. The van der Waals surface area contributed by atoms with Gasteiger partial charge in [-0.05, 0) is 12.5 Å². The van der Waals surface area contributed by atoms with Crippen molar-refractivity contribution in [3.63, 3.8) is 0 Å². The zero-order chi connectivity index (χ0) is 12.7. The lowest BCUT2D eigenvalue weighted by Crippen LogP contribution is -2.31. The first-order valence-electron chi connectivity index (χ1n) is 5.79. The standard InChI is InChI=1S/C13H12N2O3/c1-2-18-11-8-6-4-3-5-7(8)9-10(11)15-13(17)12(16)14-9/h3-6,11H,2H2,1H3,(H,14,16)(H,15,17). The maximum atomic E-state index is 11.4. The molecule has 92 valence electrons. The molecule has 0 radical (unpaired) electrons. The number of hydrogen-bond acceptors (Lipinski definition) is 3. The van der Waals surface area contributed by atoms with Crippen molar-refractivity contribution in [2.24, 2.45) is 0 Å². The number of hydrogen-bond donors (Lipinski definition) is 2. The minimum absolute atomic E-state index is 0.314. The zero-order valence-corrected chi connectivity index (χ0v) is 9.82. The van der Waals surface area contributed by atoms with Crippen LogP contribution in [0.4, 0.5) is 0 Å². The van der Waals surface area contributed by atoms with Gasteiger partial charge in [0, 0.05) is 12.2 Å². The summed E-state index contributed by atoms with van der Waals surface area (Å²) in [4.78, 5) is 28.1. The molecule has 0 bridgehead atoms. The molecule has 1 atom stereocenters. The summed E-state index contributed by atoms with van der Waals surface area (Å²) in [6, 6.07) is 7.64. The van der Waals surface area contributed by atoms with E-state index in [0.29, 0.717) is 18.0 Å². The summed E-state index contributed by atoms with van der Waals surface area (Å²) in [5.41, 5.74) is 1.86. The number of ether oxygens (including phenoxy) is 1. The molecule has 0 spiro atoms. The summed E-state index contributed by atoms with van der Waals surface area (Å²) in [7, 11) is 0. The molecule has 3 rings (SSSR count). The SMILES string of the molecule is CCOC1c2ccccc2-c2[nH]c(=O)c(=O)[nH]c21. The van der Waals surface area contributed by atoms with Gasteiger partial charge in [-0.3, -0.25) is 9.59 Å². The van der Waals surface area contributed by atoms with Crippen LogP contribution in [0.3, 0.4) is 0 Å². The molecule has 2 N–H and O–H groups in total. The predicted octanol–water partition coefficient (Wildman–Crippen LogP) is 1.17. The molecule has 5 nitrogen and oxygen atoms in total. The second kappa shape index (κ2) is 3.96. The Morgan fingerprint density at radius 3 is 2.67 bits per heavy atom. The minimum Gasteiger partial charge on any atom is -0.367 e. The van der Waals surface area contributed by atoms with Gasteiger partial charge in [-0.2, -0.15) is 0 Å². The summed E-state index contributed by atoms with van der Waals surface area (Å²) in [5, 5.41) is 0. The molecule has 1 aromatic heterocycles. The van der Waals surface area contributed by atoms with Crippen LogP contribution in [-0.2, 0) is 4.74 Å². The Kier molecular flexibility index (Phi) is 2.41. The Hall–Kier alpha value is -2.14. The fraction of sp³-hybridized carbons (Fsp3) is 0.231. The van der Waals surface area contributed by atoms with Crippen LogP contribution < -0.4 is 11.1 Å². The fourth-order valence-electron chi connectivity index (χ4n) is 2.34. The van der Waals surface area contributed by atoms with E-state index >= 15 is 0 Å². The van der Waals surface area contributed by atoms with E-state index in [2.05, 4.69) is 9.97 Å². The first kappa shape index (κ1) is 11.0. The summed E-state index contributed by atoms with van der Waals surface area (Å²) in [6.07, 6.45) is -0.314. The van der Waals surface area contributed by atoms with Crippen LogP contribution in [-0.4, -0.2) is 16.6 Å². The Morgan fingerprint density at radius 2 is 1.89 bits per heavy atom. The van der Waals surface area contributed by atoms with E-state index in [0.717, 1.165) is 11.1 Å². The van der Waals surface area contributed by atoms with Crippen molar-refractivity contribution in [2.75, 3.05) is 6.61 Å². The molecule has 1 aromatic carbocycles. The van der Waals surface area contributed by atoms with Crippen LogP contribution in [0.2, 0.25) is 0 Å². The van der Waals surface area contributed by atoms with E-state index in [1.54, 1.807) is 0 Å². The summed E-state index contributed by atoms with van der Waals surface area (Å²) in [6.45, 7) is 2.42. The van der Waals surface area contributed by atoms with Crippen molar-refractivity contribution < 1.29 is 4.74 Å². The monoisotopic (exact) mass is 244 g/mol. The van der Waals surface area contributed by atoms with Crippen LogP contribution in [0.15, 0.2) is 33.9 Å². The van der Waals surface area contributed by atoms with Crippen molar-refractivity contribution in [1.29, 1.82) is 0 Å². The van der Waals surface area contributed by atoms with E-state index in [-0.39, 0.29) is 6.10 Å². The molecule has 1 aliphatic rings. The number of fused-ring (bicyclic) bond motifs is 3. The highest BCUT2D eigenvalue weighted by molar-refractivity contribution is 5.73. The third-order valence-electron chi connectivity index (χ3n) is 3.07. The maximum Gasteiger partial charge on any atom is 0.314 e. The Morgan fingerprint density at radius 1 is 1.17 bits per heavy atom. The number of nitrogens with one attached hydrogen (secondary N) is 2. The average molecular weight is 244 g/mol. The third-order valence-corrected chi connectivity index (χ3v) is 3.07.